The Balaban J connectivity index is 1.96. The molecule has 0 radical (unpaired) electrons. The Morgan fingerprint density at radius 3 is 2.19 bits per heavy atom. The SMILES string of the molecule is CC(C)(N)C(=O)N1CCC(C(=O)c2ccc(Cl)cc2)CC1. The van der Waals surface area contributed by atoms with Gasteiger partial charge in [-0.2, -0.15) is 0 Å². The summed E-state index contributed by atoms with van der Waals surface area (Å²) in [6, 6.07) is 6.96. The molecule has 114 valence electrons. The Labute approximate surface area is 130 Å². The van der Waals surface area contributed by atoms with Crippen LogP contribution < -0.4 is 5.73 Å². The minimum absolute atomic E-state index is 0.0314. The molecule has 0 unspecified atom stereocenters. The summed E-state index contributed by atoms with van der Waals surface area (Å²) in [5, 5.41) is 0.622. The van der Waals surface area contributed by atoms with Crippen LogP contribution in [0.4, 0.5) is 0 Å². The number of halogens is 1. The van der Waals surface area contributed by atoms with E-state index in [-0.39, 0.29) is 17.6 Å². The number of nitrogens with zero attached hydrogens (tertiary/aromatic N) is 1. The molecule has 1 aromatic carbocycles. The third-order valence-electron chi connectivity index (χ3n) is 3.83. The number of piperidine rings is 1. The number of hydrogen-bond acceptors (Lipinski definition) is 3. The first-order valence-electron chi connectivity index (χ1n) is 7.17. The van der Waals surface area contributed by atoms with Crippen LogP contribution in [0.15, 0.2) is 24.3 Å². The van der Waals surface area contributed by atoms with Crippen molar-refractivity contribution in [3.05, 3.63) is 34.9 Å². The van der Waals surface area contributed by atoms with E-state index in [4.69, 9.17) is 17.3 Å². The molecule has 2 N–H and O–H groups in total. The zero-order chi connectivity index (χ0) is 15.6. The van der Waals surface area contributed by atoms with Gasteiger partial charge in [-0.05, 0) is 51.0 Å². The second kappa shape index (κ2) is 6.16. The summed E-state index contributed by atoms with van der Waals surface area (Å²) < 4.78 is 0. The molecular formula is C16H21ClN2O2. The number of rotatable bonds is 3. The molecule has 1 heterocycles. The summed E-state index contributed by atoms with van der Waals surface area (Å²) in [7, 11) is 0. The lowest BCUT2D eigenvalue weighted by Crippen LogP contribution is -2.53. The van der Waals surface area contributed by atoms with Crippen molar-refractivity contribution in [1.29, 1.82) is 0 Å². The van der Waals surface area contributed by atoms with Gasteiger partial charge in [0, 0.05) is 29.6 Å². The molecule has 4 nitrogen and oxygen atoms in total. The zero-order valence-corrected chi connectivity index (χ0v) is 13.2. The highest BCUT2D eigenvalue weighted by Crippen LogP contribution is 2.23. The van der Waals surface area contributed by atoms with Crippen molar-refractivity contribution in [2.75, 3.05) is 13.1 Å². The van der Waals surface area contributed by atoms with Crippen molar-refractivity contribution in [2.24, 2.45) is 11.7 Å². The molecule has 2 rings (SSSR count). The number of Topliss-reactive ketones (excluding diaryl/α,β-unsaturated/α-hetero) is 1. The molecule has 1 aliphatic rings. The van der Waals surface area contributed by atoms with Crippen LogP contribution >= 0.6 is 11.6 Å². The maximum absolute atomic E-state index is 12.4. The van der Waals surface area contributed by atoms with Crippen molar-refractivity contribution in [1.82, 2.24) is 4.90 Å². The standard InChI is InChI=1S/C16H21ClN2O2/c1-16(2,18)15(21)19-9-7-12(8-10-19)14(20)11-3-5-13(17)6-4-11/h3-6,12H,7-10,18H2,1-2H3. The fraction of sp³-hybridized carbons (Fsp3) is 0.500. The molecule has 1 amide bonds. The predicted octanol–water partition coefficient (Wildman–Crippen LogP) is 2.50. The molecular weight excluding hydrogens is 288 g/mol. The first kappa shape index (κ1) is 16.0. The van der Waals surface area contributed by atoms with Crippen molar-refractivity contribution >= 4 is 23.3 Å². The van der Waals surface area contributed by atoms with Gasteiger partial charge in [-0.3, -0.25) is 9.59 Å². The van der Waals surface area contributed by atoms with E-state index < -0.39 is 5.54 Å². The summed E-state index contributed by atoms with van der Waals surface area (Å²) in [4.78, 5) is 26.3. The lowest BCUT2D eigenvalue weighted by atomic mass is 9.88. The number of amides is 1. The lowest BCUT2D eigenvalue weighted by molar-refractivity contribution is -0.137. The molecule has 1 saturated heterocycles. The van der Waals surface area contributed by atoms with Gasteiger partial charge < -0.3 is 10.6 Å². The van der Waals surface area contributed by atoms with Crippen molar-refractivity contribution in [3.8, 4) is 0 Å². The minimum Gasteiger partial charge on any atom is -0.341 e. The van der Waals surface area contributed by atoms with Crippen molar-refractivity contribution < 1.29 is 9.59 Å². The molecule has 0 aromatic heterocycles. The lowest BCUT2D eigenvalue weighted by Gasteiger charge is -2.35. The molecule has 5 heteroatoms. The smallest absolute Gasteiger partial charge is 0.242 e. The second-order valence-electron chi connectivity index (χ2n) is 6.16. The van der Waals surface area contributed by atoms with Crippen molar-refractivity contribution in [2.45, 2.75) is 32.2 Å². The number of carbonyl (C=O) groups is 2. The Hall–Kier alpha value is -1.39. The monoisotopic (exact) mass is 308 g/mol. The van der Waals surface area contributed by atoms with Gasteiger partial charge in [-0.1, -0.05) is 11.6 Å². The summed E-state index contributed by atoms with van der Waals surface area (Å²) in [5.74, 6) is 0.0433. The molecule has 0 aliphatic carbocycles. The third kappa shape index (κ3) is 3.83. The van der Waals surface area contributed by atoms with Gasteiger partial charge >= 0.3 is 0 Å². The van der Waals surface area contributed by atoms with E-state index >= 15 is 0 Å². The maximum atomic E-state index is 12.4. The van der Waals surface area contributed by atoms with E-state index in [2.05, 4.69) is 0 Å². The summed E-state index contributed by atoms with van der Waals surface area (Å²) in [6.45, 7) is 4.59. The second-order valence-corrected chi connectivity index (χ2v) is 6.60. The highest BCUT2D eigenvalue weighted by atomic mass is 35.5. The third-order valence-corrected chi connectivity index (χ3v) is 4.08. The average molecular weight is 309 g/mol. The van der Waals surface area contributed by atoms with Crippen LogP contribution in [0.1, 0.15) is 37.0 Å². The first-order chi connectivity index (χ1) is 9.79. The van der Waals surface area contributed by atoms with E-state index in [1.165, 1.54) is 0 Å². The number of carbonyl (C=O) groups excluding carboxylic acids is 2. The van der Waals surface area contributed by atoms with Gasteiger partial charge in [0.15, 0.2) is 5.78 Å². The Morgan fingerprint density at radius 1 is 1.19 bits per heavy atom. The average Bonchev–Trinajstić information content (AvgIpc) is 2.46. The predicted molar refractivity (Wildman–Crippen MR) is 83.4 cm³/mol. The zero-order valence-electron chi connectivity index (χ0n) is 12.4. The van der Waals surface area contributed by atoms with E-state index in [1.54, 1.807) is 43.0 Å². The number of nitrogens with two attached hydrogens (primary N) is 1. The van der Waals surface area contributed by atoms with Crippen LogP contribution in [0.2, 0.25) is 5.02 Å². The summed E-state index contributed by atoms with van der Waals surface area (Å²) in [5.41, 5.74) is 5.67. The molecule has 1 aliphatic heterocycles. The number of benzene rings is 1. The van der Waals surface area contributed by atoms with Crippen LogP contribution in [0.5, 0.6) is 0 Å². The molecule has 21 heavy (non-hydrogen) atoms. The first-order valence-corrected chi connectivity index (χ1v) is 7.55. The maximum Gasteiger partial charge on any atom is 0.242 e. The highest BCUT2D eigenvalue weighted by Gasteiger charge is 2.32. The Kier molecular flexibility index (Phi) is 4.69. The van der Waals surface area contributed by atoms with Crippen LogP contribution in [0.3, 0.4) is 0 Å². The normalized spacial score (nSPS) is 16.9. The number of ketones is 1. The fourth-order valence-electron chi connectivity index (χ4n) is 2.60. The van der Waals surface area contributed by atoms with Gasteiger partial charge in [0.25, 0.3) is 0 Å². The summed E-state index contributed by atoms with van der Waals surface area (Å²) in [6.07, 6.45) is 1.37. The van der Waals surface area contributed by atoms with E-state index in [9.17, 15) is 9.59 Å². The molecule has 0 saturated carbocycles. The minimum atomic E-state index is -0.854. The fourth-order valence-corrected chi connectivity index (χ4v) is 2.73. The van der Waals surface area contributed by atoms with Gasteiger partial charge in [0.05, 0.1) is 5.54 Å². The van der Waals surface area contributed by atoms with Gasteiger partial charge in [0.1, 0.15) is 0 Å². The largest absolute Gasteiger partial charge is 0.341 e. The molecule has 0 atom stereocenters. The van der Waals surface area contributed by atoms with E-state index in [0.29, 0.717) is 36.5 Å². The molecule has 1 aromatic rings. The van der Waals surface area contributed by atoms with E-state index in [1.807, 2.05) is 0 Å². The molecule has 1 fully saturated rings. The van der Waals surface area contributed by atoms with E-state index in [0.717, 1.165) is 0 Å². The molecule has 0 bridgehead atoms. The van der Waals surface area contributed by atoms with Gasteiger partial charge in [-0.15, -0.1) is 0 Å². The quantitative estimate of drug-likeness (QED) is 0.873. The molecule has 0 spiro atoms. The highest BCUT2D eigenvalue weighted by molar-refractivity contribution is 6.30. The van der Waals surface area contributed by atoms with Gasteiger partial charge in [0.2, 0.25) is 5.91 Å². The van der Waals surface area contributed by atoms with Crippen LogP contribution in [0.25, 0.3) is 0 Å². The van der Waals surface area contributed by atoms with Gasteiger partial charge in [-0.25, -0.2) is 0 Å². The Bertz CT molecular complexity index is 526. The topological polar surface area (TPSA) is 63.4 Å². The summed E-state index contributed by atoms with van der Waals surface area (Å²) >= 11 is 5.83. The van der Waals surface area contributed by atoms with Crippen LogP contribution in [0, 0.1) is 5.92 Å². The van der Waals surface area contributed by atoms with Crippen LogP contribution in [-0.2, 0) is 4.79 Å². The van der Waals surface area contributed by atoms with Crippen molar-refractivity contribution in [3.63, 3.8) is 0 Å². The Morgan fingerprint density at radius 2 is 1.71 bits per heavy atom. The number of likely N-dealkylation sites (tertiary alicyclic amines) is 1. The van der Waals surface area contributed by atoms with Crippen LogP contribution in [-0.4, -0.2) is 35.2 Å². The number of hydrogen-bond donors (Lipinski definition) is 1.